The second kappa shape index (κ2) is 4.52. The first-order valence-electron chi connectivity index (χ1n) is 7.65. The molecule has 1 aliphatic heterocycles. The van der Waals surface area contributed by atoms with E-state index < -0.39 is 0 Å². The van der Waals surface area contributed by atoms with E-state index in [-0.39, 0.29) is 5.41 Å². The van der Waals surface area contributed by atoms with Crippen LogP contribution in [0.25, 0.3) is 0 Å². The van der Waals surface area contributed by atoms with Crippen LogP contribution in [0, 0.1) is 5.92 Å². The average Bonchev–Trinajstić information content (AvgIpc) is 2.42. The molecule has 0 aromatic heterocycles. The smallest absolute Gasteiger partial charge is 0.115 e. The van der Waals surface area contributed by atoms with E-state index in [2.05, 4.69) is 31.9 Å². The zero-order valence-corrected chi connectivity index (χ0v) is 12.3. The number of hydrogen-bond acceptors (Lipinski definition) is 2. The van der Waals surface area contributed by atoms with E-state index in [0.717, 1.165) is 12.3 Å². The normalized spacial score (nSPS) is 34.1. The van der Waals surface area contributed by atoms with Crippen LogP contribution in [0.15, 0.2) is 18.2 Å². The van der Waals surface area contributed by atoms with E-state index in [4.69, 9.17) is 0 Å². The maximum absolute atomic E-state index is 9.90. The maximum atomic E-state index is 9.90. The number of aromatic hydroxyl groups is 1. The van der Waals surface area contributed by atoms with Gasteiger partial charge in [0, 0.05) is 11.5 Å². The van der Waals surface area contributed by atoms with E-state index in [1.165, 1.54) is 36.9 Å². The molecule has 1 fully saturated rings. The van der Waals surface area contributed by atoms with E-state index in [0.29, 0.717) is 11.8 Å². The maximum Gasteiger partial charge on any atom is 0.115 e. The molecule has 0 unspecified atom stereocenters. The number of rotatable bonds is 2. The van der Waals surface area contributed by atoms with Gasteiger partial charge in [0.15, 0.2) is 0 Å². The summed E-state index contributed by atoms with van der Waals surface area (Å²) in [4.78, 5) is 2.55. The summed E-state index contributed by atoms with van der Waals surface area (Å²) < 4.78 is 0. The molecular weight excluding hydrogens is 234 g/mol. The summed E-state index contributed by atoms with van der Waals surface area (Å²) in [6.07, 6.45) is 4.79. The third-order valence-electron chi connectivity index (χ3n) is 5.78. The van der Waals surface area contributed by atoms with Gasteiger partial charge in [-0.05, 0) is 62.0 Å². The highest BCUT2D eigenvalue weighted by molar-refractivity contribution is 5.44. The van der Waals surface area contributed by atoms with Crippen LogP contribution < -0.4 is 0 Å². The van der Waals surface area contributed by atoms with Crippen molar-refractivity contribution in [3.63, 3.8) is 0 Å². The molecule has 1 aromatic carbocycles. The van der Waals surface area contributed by atoms with Gasteiger partial charge in [0.1, 0.15) is 5.75 Å². The topological polar surface area (TPSA) is 23.5 Å². The third kappa shape index (κ3) is 1.73. The number of likely N-dealkylation sites (tertiary alicyclic amines) is 1. The number of fused-ring (bicyclic) bond motifs is 4. The average molecular weight is 259 g/mol. The molecule has 0 radical (unpaired) electrons. The van der Waals surface area contributed by atoms with Crippen molar-refractivity contribution < 1.29 is 5.11 Å². The van der Waals surface area contributed by atoms with Crippen molar-refractivity contribution in [3.05, 3.63) is 29.3 Å². The van der Waals surface area contributed by atoms with Gasteiger partial charge in [0.2, 0.25) is 0 Å². The molecule has 3 atom stereocenters. The van der Waals surface area contributed by atoms with Crippen LogP contribution >= 0.6 is 0 Å². The highest BCUT2D eigenvalue weighted by Gasteiger charge is 2.50. The fourth-order valence-corrected chi connectivity index (χ4v) is 4.76. The lowest BCUT2D eigenvalue weighted by Gasteiger charge is -2.56. The summed E-state index contributed by atoms with van der Waals surface area (Å²) in [7, 11) is 2.28. The van der Waals surface area contributed by atoms with Crippen molar-refractivity contribution in [2.45, 2.75) is 51.0 Å². The lowest BCUT2D eigenvalue weighted by molar-refractivity contribution is 0.0257. The Bertz CT molecular complexity index is 484. The predicted octanol–water partition coefficient (Wildman–Crippen LogP) is 3.33. The van der Waals surface area contributed by atoms with Gasteiger partial charge in [0.25, 0.3) is 0 Å². The largest absolute Gasteiger partial charge is 0.508 e. The van der Waals surface area contributed by atoms with E-state index in [1.54, 1.807) is 0 Å². The Morgan fingerprint density at radius 3 is 2.84 bits per heavy atom. The van der Waals surface area contributed by atoms with Gasteiger partial charge < -0.3 is 10.0 Å². The summed E-state index contributed by atoms with van der Waals surface area (Å²) in [5, 5.41) is 9.90. The van der Waals surface area contributed by atoms with Crippen molar-refractivity contribution in [2.75, 3.05) is 13.6 Å². The number of nitrogens with zero attached hydrogens (tertiary/aromatic N) is 1. The molecule has 1 N–H and O–H groups in total. The summed E-state index contributed by atoms with van der Waals surface area (Å²) in [6, 6.07) is 6.72. The predicted molar refractivity (Wildman–Crippen MR) is 78.6 cm³/mol. The lowest BCUT2D eigenvalue weighted by Crippen LogP contribution is -2.58. The molecule has 1 aliphatic carbocycles. The number of benzene rings is 1. The van der Waals surface area contributed by atoms with Crippen molar-refractivity contribution in [1.82, 2.24) is 4.90 Å². The molecule has 0 spiro atoms. The fraction of sp³-hybridized carbons (Fsp3) is 0.647. The van der Waals surface area contributed by atoms with Crippen LogP contribution in [-0.4, -0.2) is 29.6 Å². The minimum atomic E-state index is 0.290. The van der Waals surface area contributed by atoms with Gasteiger partial charge in [-0.15, -0.1) is 0 Å². The van der Waals surface area contributed by atoms with Crippen LogP contribution in [-0.2, 0) is 11.8 Å². The summed E-state index contributed by atoms with van der Waals surface area (Å²) >= 11 is 0. The molecule has 19 heavy (non-hydrogen) atoms. The standard InChI is InChI=1S/C17H25NO/c1-4-14-16-10-12-6-7-13(19)11-15(12)17(14,5-2)8-9-18(16)3/h6-7,11,14,16,19H,4-5,8-10H2,1-3H3/t14-,16-,17-/m1/s1. The van der Waals surface area contributed by atoms with E-state index in [9.17, 15) is 5.11 Å². The van der Waals surface area contributed by atoms with Gasteiger partial charge >= 0.3 is 0 Å². The Morgan fingerprint density at radius 1 is 1.37 bits per heavy atom. The van der Waals surface area contributed by atoms with Crippen molar-refractivity contribution in [3.8, 4) is 5.75 Å². The second-order valence-electron chi connectivity index (χ2n) is 6.37. The minimum absolute atomic E-state index is 0.290. The first-order valence-corrected chi connectivity index (χ1v) is 7.65. The van der Waals surface area contributed by atoms with Crippen LogP contribution in [0.4, 0.5) is 0 Å². The Hall–Kier alpha value is -1.02. The first kappa shape index (κ1) is 13.0. The van der Waals surface area contributed by atoms with Gasteiger partial charge in [-0.2, -0.15) is 0 Å². The summed E-state index contributed by atoms with van der Waals surface area (Å²) in [5.41, 5.74) is 3.19. The van der Waals surface area contributed by atoms with Crippen molar-refractivity contribution in [2.24, 2.45) is 5.92 Å². The Balaban J connectivity index is 2.18. The Labute approximate surface area is 116 Å². The van der Waals surface area contributed by atoms with Gasteiger partial charge in [-0.3, -0.25) is 0 Å². The molecule has 2 heteroatoms. The summed E-state index contributed by atoms with van der Waals surface area (Å²) in [6.45, 7) is 5.84. The van der Waals surface area contributed by atoms with Crippen LogP contribution in [0.3, 0.4) is 0 Å². The number of likely N-dealkylation sites (N-methyl/N-ethyl adjacent to an activating group) is 1. The molecule has 1 heterocycles. The van der Waals surface area contributed by atoms with Gasteiger partial charge in [-0.1, -0.05) is 26.3 Å². The molecular formula is C17H25NO. The molecule has 2 aliphatic rings. The van der Waals surface area contributed by atoms with Crippen LogP contribution in [0.1, 0.15) is 44.2 Å². The molecule has 104 valence electrons. The number of phenols is 1. The zero-order chi connectivity index (χ0) is 13.6. The van der Waals surface area contributed by atoms with E-state index >= 15 is 0 Å². The highest BCUT2D eigenvalue weighted by Crippen LogP contribution is 2.52. The monoisotopic (exact) mass is 259 g/mol. The molecule has 1 aromatic rings. The molecule has 0 saturated carbocycles. The SMILES string of the molecule is CC[C@@H]1[C@H]2Cc3ccc(O)cc3[C@]1(CC)CCN2C. The van der Waals surface area contributed by atoms with Crippen molar-refractivity contribution in [1.29, 1.82) is 0 Å². The Morgan fingerprint density at radius 2 is 2.16 bits per heavy atom. The molecule has 2 bridgehead atoms. The number of hydrogen-bond donors (Lipinski definition) is 1. The van der Waals surface area contributed by atoms with Crippen LogP contribution in [0.2, 0.25) is 0 Å². The van der Waals surface area contributed by atoms with Gasteiger partial charge in [0.05, 0.1) is 0 Å². The minimum Gasteiger partial charge on any atom is -0.508 e. The fourth-order valence-electron chi connectivity index (χ4n) is 4.76. The zero-order valence-electron chi connectivity index (χ0n) is 12.3. The number of piperidine rings is 1. The number of phenolic OH excluding ortho intramolecular Hbond substituents is 1. The van der Waals surface area contributed by atoms with Gasteiger partial charge in [-0.25, -0.2) is 0 Å². The molecule has 3 rings (SSSR count). The lowest BCUT2D eigenvalue weighted by atomic mass is 9.55. The Kier molecular flexibility index (Phi) is 3.09. The third-order valence-corrected chi connectivity index (χ3v) is 5.78. The van der Waals surface area contributed by atoms with Crippen molar-refractivity contribution >= 4 is 0 Å². The second-order valence-corrected chi connectivity index (χ2v) is 6.37. The summed E-state index contributed by atoms with van der Waals surface area (Å²) in [5.74, 6) is 1.16. The highest BCUT2D eigenvalue weighted by atomic mass is 16.3. The molecule has 0 amide bonds. The quantitative estimate of drug-likeness (QED) is 0.880. The first-order chi connectivity index (χ1) is 9.12. The molecule has 1 saturated heterocycles. The molecule has 2 nitrogen and oxygen atoms in total. The van der Waals surface area contributed by atoms with Crippen LogP contribution in [0.5, 0.6) is 5.75 Å². The van der Waals surface area contributed by atoms with E-state index in [1.807, 2.05) is 12.1 Å².